The zero-order chi connectivity index (χ0) is 18.9. The fourth-order valence-electron chi connectivity index (χ4n) is 4.04. The molecule has 1 aliphatic rings. The second kappa shape index (κ2) is 10.4. The van der Waals surface area contributed by atoms with E-state index in [0.29, 0.717) is 24.9 Å². The number of methoxy groups -OCH3 is 1. The van der Waals surface area contributed by atoms with Crippen molar-refractivity contribution in [3.8, 4) is 11.1 Å². The van der Waals surface area contributed by atoms with Gasteiger partial charge in [0.05, 0.1) is 13.3 Å². The molecule has 2 heteroatoms. The van der Waals surface area contributed by atoms with Crippen LogP contribution in [-0.4, -0.2) is 13.8 Å². The van der Waals surface area contributed by atoms with E-state index < -0.39 is 0 Å². The second-order valence-corrected chi connectivity index (χ2v) is 7.62. The molecule has 2 aromatic rings. The van der Waals surface area contributed by atoms with Gasteiger partial charge in [-0.2, -0.15) is 0 Å². The van der Waals surface area contributed by atoms with Gasteiger partial charge in [0.2, 0.25) is 0 Å². The van der Waals surface area contributed by atoms with Gasteiger partial charge in [-0.25, -0.2) is 0 Å². The average Bonchev–Trinajstić information content (AvgIpc) is 2.73. The fraction of sp³-hybridized carbons (Fsp3) is 0.440. The van der Waals surface area contributed by atoms with E-state index in [2.05, 4.69) is 60.7 Å². The third-order valence-electron chi connectivity index (χ3n) is 5.66. The topological polar surface area (TPSA) is 9.23 Å². The van der Waals surface area contributed by atoms with Gasteiger partial charge in [0.25, 0.3) is 0 Å². The molecule has 0 spiro atoms. The molecule has 0 saturated heterocycles. The molecule has 0 atom stereocenters. The lowest BCUT2D eigenvalue weighted by Gasteiger charge is -2.27. The van der Waals surface area contributed by atoms with Gasteiger partial charge in [0.15, 0.2) is 0 Å². The Morgan fingerprint density at radius 2 is 1.56 bits per heavy atom. The van der Waals surface area contributed by atoms with E-state index in [-0.39, 0.29) is 6.67 Å². The second-order valence-electron chi connectivity index (χ2n) is 7.62. The molecule has 2 aromatic carbocycles. The first-order valence-corrected chi connectivity index (χ1v) is 10.2. The van der Waals surface area contributed by atoms with Crippen molar-refractivity contribution in [2.24, 2.45) is 5.92 Å². The normalized spacial score (nSPS) is 20.2. The molecule has 3 rings (SSSR count). The lowest BCUT2D eigenvalue weighted by Crippen LogP contribution is -2.11. The summed E-state index contributed by atoms with van der Waals surface area (Å²) in [5.41, 5.74) is 5.19. The molecule has 0 N–H and O–H groups in total. The van der Waals surface area contributed by atoms with E-state index in [1.165, 1.54) is 47.9 Å². The molecular weight excluding hydrogens is 335 g/mol. The molecule has 1 fully saturated rings. The summed E-state index contributed by atoms with van der Waals surface area (Å²) in [6.07, 6.45) is 11.0. The van der Waals surface area contributed by atoms with Crippen LogP contribution in [0.15, 0.2) is 60.7 Å². The largest absolute Gasteiger partial charge is 0.380 e. The Morgan fingerprint density at radius 3 is 2.15 bits per heavy atom. The Kier molecular flexibility index (Phi) is 7.65. The zero-order valence-electron chi connectivity index (χ0n) is 16.4. The third-order valence-corrected chi connectivity index (χ3v) is 5.66. The monoisotopic (exact) mass is 366 g/mol. The summed E-state index contributed by atoms with van der Waals surface area (Å²) in [7, 11) is 1.73. The van der Waals surface area contributed by atoms with Crippen LogP contribution < -0.4 is 0 Å². The molecule has 1 nitrogen and oxygen atoms in total. The molecule has 1 saturated carbocycles. The Bertz CT molecular complexity index is 694. The lowest BCUT2D eigenvalue weighted by molar-refractivity contribution is 0.185. The van der Waals surface area contributed by atoms with Crippen LogP contribution in [0.1, 0.15) is 55.6 Å². The first-order valence-electron chi connectivity index (χ1n) is 10.2. The van der Waals surface area contributed by atoms with Gasteiger partial charge in [0, 0.05) is 7.11 Å². The van der Waals surface area contributed by atoms with E-state index in [1.807, 2.05) is 0 Å². The molecule has 0 heterocycles. The summed E-state index contributed by atoms with van der Waals surface area (Å²) < 4.78 is 17.3. The highest BCUT2D eigenvalue weighted by molar-refractivity contribution is 5.64. The van der Waals surface area contributed by atoms with Gasteiger partial charge in [-0.1, -0.05) is 60.7 Å². The van der Waals surface area contributed by atoms with E-state index in [9.17, 15) is 4.39 Å². The molecule has 0 radical (unpaired) electrons. The fourth-order valence-corrected chi connectivity index (χ4v) is 4.04. The van der Waals surface area contributed by atoms with Crippen LogP contribution in [0, 0.1) is 5.92 Å². The highest BCUT2D eigenvalue weighted by atomic mass is 19.1. The molecule has 0 unspecified atom stereocenters. The molecule has 0 amide bonds. The first-order chi connectivity index (χ1) is 13.3. The number of rotatable bonds is 8. The van der Waals surface area contributed by atoms with Crippen LogP contribution in [0.2, 0.25) is 0 Å². The van der Waals surface area contributed by atoms with Crippen molar-refractivity contribution < 1.29 is 9.13 Å². The van der Waals surface area contributed by atoms with Gasteiger partial charge >= 0.3 is 0 Å². The van der Waals surface area contributed by atoms with Crippen molar-refractivity contribution in [1.29, 1.82) is 0 Å². The summed E-state index contributed by atoms with van der Waals surface area (Å²) >= 11 is 0. The van der Waals surface area contributed by atoms with Crippen molar-refractivity contribution in [3.63, 3.8) is 0 Å². The predicted molar refractivity (Wildman–Crippen MR) is 112 cm³/mol. The molecule has 0 bridgehead atoms. The minimum absolute atomic E-state index is 0.204. The van der Waals surface area contributed by atoms with Gasteiger partial charge in [-0.3, -0.25) is 4.39 Å². The Labute approximate surface area is 163 Å². The highest BCUT2D eigenvalue weighted by Crippen LogP contribution is 2.37. The summed E-state index contributed by atoms with van der Waals surface area (Å²) in [6, 6.07) is 17.7. The number of alkyl halides is 1. The third kappa shape index (κ3) is 5.77. The summed E-state index contributed by atoms with van der Waals surface area (Å²) in [6.45, 7) is 0.456. The SMILES string of the molecule is COCc1ccc(-c2ccc([C@H]3CC[C@H](/C=C/CCCF)CC3)cc2)cc1. The maximum absolute atomic E-state index is 12.1. The van der Waals surface area contributed by atoms with Crippen molar-refractivity contribution in [2.75, 3.05) is 13.8 Å². The maximum Gasteiger partial charge on any atom is 0.0897 e. The van der Waals surface area contributed by atoms with E-state index in [4.69, 9.17) is 4.74 Å². The van der Waals surface area contributed by atoms with Crippen LogP contribution in [0.5, 0.6) is 0 Å². The molecule has 1 aliphatic carbocycles. The number of hydrogen-bond acceptors (Lipinski definition) is 1. The number of hydrogen-bond donors (Lipinski definition) is 0. The van der Waals surface area contributed by atoms with Crippen LogP contribution in [0.4, 0.5) is 4.39 Å². The predicted octanol–water partition coefficient (Wildman–Crippen LogP) is 7.08. The van der Waals surface area contributed by atoms with Crippen molar-refractivity contribution >= 4 is 0 Å². The number of unbranched alkanes of at least 4 members (excludes halogenated alkanes) is 1. The maximum atomic E-state index is 12.1. The van der Waals surface area contributed by atoms with E-state index >= 15 is 0 Å². The summed E-state index contributed by atoms with van der Waals surface area (Å²) in [4.78, 5) is 0. The van der Waals surface area contributed by atoms with Gasteiger partial charge < -0.3 is 4.74 Å². The molecule has 0 aromatic heterocycles. The average molecular weight is 367 g/mol. The van der Waals surface area contributed by atoms with E-state index in [1.54, 1.807) is 7.11 Å². The zero-order valence-corrected chi connectivity index (χ0v) is 16.4. The standard InChI is InChI=1S/C25H31FO/c1-27-19-21-8-12-23(13-9-21)25-16-14-24(15-17-25)22-10-6-20(7-11-22)5-3-2-4-18-26/h3,5,8-9,12-17,20,22H,2,4,6-7,10-11,18-19H2,1H3/b5-3+/t20-,22-. The lowest BCUT2D eigenvalue weighted by atomic mass is 9.78. The van der Waals surface area contributed by atoms with Crippen LogP contribution in [-0.2, 0) is 11.3 Å². The molecule has 0 aliphatic heterocycles. The Balaban J connectivity index is 1.54. The minimum Gasteiger partial charge on any atom is -0.380 e. The quantitative estimate of drug-likeness (QED) is 0.358. The van der Waals surface area contributed by atoms with Crippen molar-refractivity contribution in [1.82, 2.24) is 0 Å². The summed E-state index contributed by atoms with van der Waals surface area (Å²) in [5.74, 6) is 1.37. The smallest absolute Gasteiger partial charge is 0.0897 e. The van der Waals surface area contributed by atoms with Crippen LogP contribution >= 0.6 is 0 Å². The van der Waals surface area contributed by atoms with Crippen molar-refractivity contribution in [3.05, 3.63) is 71.8 Å². The minimum atomic E-state index is -0.204. The first kappa shape index (κ1) is 19.8. The highest BCUT2D eigenvalue weighted by Gasteiger charge is 2.20. The number of halogens is 1. The van der Waals surface area contributed by atoms with Crippen LogP contribution in [0.3, 0.4) is 0 Å². The van der Waals surface area contributed by atoms with Gasteiger partial charge in [-0.05, 0) is 72.6 Å². The molecular formula is C25H31FO. The molecule has 27 heavy (non-hydrogen) atoms. The molecule has 144 valence electrons. The summed E-state index contributed by atoms with van der Waals surface area (Å²) in [5, 5.41) is 0. The van der Waals surface area contributed by atoms with Gasteiger partial charge in [0.1, 0.15) is 0 Å². The number of allylic oxidation sites excluding steroid dienone is 2. The Morgan fingerprint density at radius 1 is 0.926 bits per heavy atom. The van der Waals surface area contributed by atoms with E-state index in [0.717, 1.165) is 6.42 Å². The van der Waals surface area contributed by atoms with Crippen LogP contribution in [0.25, 0.3) is 11.1 Å². The Hall–Kier alpha value is -1.93. The number of ether oxygens (including phenoxy) is 1. The van der Waals surface area contributed by atoms with Crippen molar-refractivity contribution in [2.45, 2.75) is 51.0 Å². The number of benzene rings is 2. The van der Waals surface area contributed by atoms with Gasteiger partial charge in [-0.15, -0.1) is 0 Å².